The lowest BCUT2D eigenvalue weighted by Crippen LogP contribution is -2.53. The predicted molar refractivity (Wildman–Crippen MR) is 103 cm³/mol. The van der Waals surface area contributed by atoms with Crippen LogP contribution in [0.25, 0.3) is 0 Å². The zero-order valence-electron chi connectivity index (χ0n) is 14.5. The highest BCUT2D eigenvalue weighted by Crippen LogP contribution is 2.26. The highest BCUT2D eigenvalue weighted by Gasteiger charge is 2.28. The number of para-hydroxylation sites is 1. The number of halogens is 1. The van der Waals surface area contributed by atoms with E-state index in [9.17, 15) is 8.42 Å². The number of nitrogens with zero attached hydrogens (tertiary/aromatic N) is 3. The smallest absolute Gasteiger partial charge is 0.193 e. The molecule has 2 aliphatic heterocycles. The molecule has 0 saturated carbocycles. The molecule has 8 heteroatoms. The van der Waals surface area contributed by atoms with E-state index in [2.05, 4.69) is 20.1 Å². The quantitative estimate of drug-likeness (QED) is 0.631. The fourth-order valence-corrected chi connectivity index (χ4v) is 5.59. The number of piperazine rings is 1. The fraction of sp³-hybridized carbons (Fsp3) is 0.588. The van der Waals surface area contributed by atoms with Gasteiger partial charge in [0.2, 0.25) is 0 Å². The number of anilines is 1. The van der Waals surface area contributed by atoms with Crippen LogP contribution in [0.4, 0.5) is 5.69 Å². The van der Waals surface area contributed by atoms with E-state index >= 15 is 0 Å². The highest BCUT2D eigenvalue weighted by molar-refractivity contribution is 7.91. The Balaban J connectivity index is 1.52. The van der Waals surface area contributed by atoms with E-state index in [0.29, 0.717) is 12.3 Å². The van der Waals surface area contributed by atoms with E-state index in [4.69, 9.17) is 11.6 Å². The predicted octanol–water partition coefficient (Wildman–Crippen LogP) is 1.47. The van der Waals surface area contributed by atoms with Gasteiger partial charge in [-0.2, -0.15) is 0 Å². The van der Waals surface area contributed by atoms with Crippen molar-refractivity contribution in [2.75, 3.05) is 56.2 Å². The first-order chi connectivity index (χ1) is 12.0. The Morgan fingerprint density at radius 2 is 2.00 bits per heavy atom. The molecular formula is C17H25ClN4O2S. The lowest BCUT2D eigenvalue weighted by Gasteiger charge is -2.38. The molecule has 1 N–H and O–H groups in total. The molecule has 0 aliphatic carbocycles. The van der Waals surface area contributed by atoms with Gasteiger partial charge in [0.25, 0.3) is 0 Å². The Morgan fingerprint density at radius 1 is 1.28 bits per heavy atom. The third kappa shape index (κ3) is 4.58. The summed E-state index contributed by atoms with van der Waals surface area (Å²) in [7, 11) is -1.06. The van der Waals surface area contributed by atoms with E-state index in [0.717, 1.165) is 49.3 Å². The molecule has 6 nitrogen and oxygen atoms in total. The third-order valence-corrected chi connectivity index (χ3v) is 7.02. The van der Waals surface area contributed by atoms with Gasteiger partial charge in [0.05, 0.1) is 22.2 Å². The van der Waals surface area contributed by atoms with Crippen molar-refractivity contribution in [1.29, 1.82) is 0 Å². The van der Waals surface area contributed by atoms with Crippen molar-refractivity contribution < 1.29 is 8.42 Å². The maximum atomic E-state index is 11.6. The van der Waals surface area contributed by atoms with Crippen molar-refractivity contribution in [3.63, 3.8) is 0 Å². The minimum atomic E-state index is -2.83. The Labute approximate surface area is 154 Å². The summed E-state index contributed by atoms with van der Waals surface area (Å²) in [6.07, 6.45) is 0.743. The van der Waals surface area contributed by atoms with Crippen molar-refractivity contribution in [1.82, 2.24) is 10.2 Å². The molecule has 0 amide bonds. The Kier molecular flexibility index (Phi) is 5.74. The summed E-state index contributed by atoms with van der Waals surface area (Å²) in [4.78, 5) is 8.87. The third-order valence-electron chi connectivity index (χ3n) is 4.86. The molecule has 25 heavy (non-hydrogen) atoms. The van der Waals surface area contributed by atoms with Crippen LogP contribution >= 0.6 is 11.6 Å². The van der Waals surface area contributed by atoms with E-state index in [1.807, 2.05) is 24.3 Å². The monoisotopic (exact) mass is 384 g/mol. The maximum absolute atomic E-state index is 11.6. The molecule has 0 bridgehead atoms. The largest absolute Gasteiger partial charge is 0.367 e. The number of hydrogen-bond donors (Lipinski definition) is 1. The van der Waals surface area contributed by atoms with Gasteiger partial charge in [-0.3, -0.25) is 4.99 Å². The maximum Gasteiger partial charge on any atom is 0.193 e. The van der Waals surface area contributed by atoms with Crippen molar-refractivity contribution in [3.05, 3.63) is 29.3 Å². The van der Waals surface area contributed by atoms with Gasteiger partial charge in [-0.25, -0.2) is 8.42 Å². The summed E-state index contributed by atoms with van der Waals surface area (Å²) in [6.45, 7) is 4.13. The molecule has 1 atom stereocenters. The molecule has 0 radical (unpaired) electrons. The molecular weight excluding hydrogens is 360 g/mol. The molecule has 2 aliphatic rings. The van der Waals surface area contributed by atoms with Gasteiger partial charge in [-0.05, 0) is 24.5 Å². The lowest BCUT2D eigenvalue weighted by molar-refractivity contribution is 0.369. The minimum Gasteiger partial charge on any atom is -0.367 e. The molecule has 2 heterocycles. The Hall–Kier alpha value is -1.47. The summed E-state index contributed by atoms with van der Waals surface area (Å²) in [6, 6.07) is 7.91. The van der Waals surface area contributed by atoms with Crippen LogP contribution in [-0.4, -0.2) is 70.6 Å². The molecule has 1 aromatic carbocycles. The number of hydrogen-bond acceptors (Lipinski definition) is 4. The summed E-state index contributed by atoms with van der Waals surface area (Å²) >= 11 is 6.29. The minimum absolute atomic E-state index is 0.186. The summed E-state index contributed by atoms with van der Waals surface area (Å²) < 4.78 is 23.1. The van der Waals surface area contributed by atoms with Gasteiger partial charge in [0.15, 0.2) is 15.8 Å². The average Bonchev–Trinajstić information content (AvgIpc) is 2.95. The standard InChI is InChI=1S/C17H25ClN4O2S/c1-19-17(20-12-14-6-11-25(23,24)13-14)22-9-7-21(8-10-22)16-5-3-2-4-15(16)18/h2-5,14H,6-13H2,1H3,(H,19,20). The highest BCUT2D eigenvalue weighted by atomic mass is 35.5. The van der Waals surface area contributed by atoms with Crippen LogP contribution in [0.15, 0.2) is 29.3 Å². The first-order valence-electron chi connectivity index (χ1n) is 8.64. The first-order valence-corrected chi connectivity index (χ1v) is 10.8. The normalized spacial score (nSPS) is 23.8. The van der Waals surface area contributed by atoms with Crippen LogP contribution in [-0.2, 0) is 9.84 Å². The van der Waals surface area contributed by atoms with Gasteiger partial charge in [-0.1, -0.05) is 23.7 Å². The van der Waals surface area contributed by atoms with Crippen molar-refractivity contribution in [3.8, 4) is 0 Å². The van der Waals surface area contributed by atoms with Crippen LogP contribution < -0.4 is 10.2 Å². The van der Waals surface area contributed by atoms with Crippen LogP contribution in [0.1, 0.15) is 6.42 Å². The first kappa shape index (κ1) is 18.3. The molecule has 0 spiro atoms. The Morgan fingerprint density at radius 3 is 2.60 bits per heavy atom. The van der Waals surface area contributed by atoms with Crippen molar-refractivity contribution in [2.45, 2.75) is 6.42 Å². The van der Waals surface area contributed by atoms with E-state index < -0.39 is 9.84 Å². The van der Waals surface area contributed by atoms with Gasteiger partial charge in [0.1, 0.15) is 0 Å². The van der Waals surface area contributed by atoms with Crippen molar-refractivity contribution in [2.24, 2.45) is 10.9 Å². The average molecular weight is 385 g/mol. The zero-order valence-corrected chi connectivity index (χ0v) is 16.1. The van der Waals surface area contributed by atoms with Crippen LogP contribution in [0.2, 0.25) is 5.02 Å². The molecule has 1 unspecified atom stereocenters. The van der Waals surface area contributed by atoms with Gasteiger partial charge in [-0.15, -0.1) is 0 Å². The second kappa shape index (κ2) is 7.83. The number of sulfone groups is 1. The molecule has 3 rings (SSSR count). The summed E-state index contributed by atoms with van der Waals surface area (Å²) in [5.41, 5.74) is 1.07. The number of nitrogens with one attached hydrogen (secondary N) is 1. The molecule has 0 aromatic heterocycles. The zero-order chi connectivity index (χ0) is 17.9. The SMILES string of the molecule is CN=C(NCC1CCS(=O)(=O)C1)N1CCN(c2ccccc2Cl)CC1. The number of aliphatic imine (C=N–C) groups is 1. The topological polar surface area (TPSA) is 65.0 Å². The van der Waals surface area contributed by atoms with E-state index in [1.165, 1.54) is 0 Å². The number of benzene rings is 1. The van der Waals surface area contributed by atoms with Crippen molar-refractivity contribution >= 4 is 33.1 Å². The van der Waals surface area contributed by atoms with Crippen LogP contribution in [0, 0.1) is 5.92 Å². The second-order valence-electron chi connectivity index (χ2n) is 6.62. The number of guanidine groups is 1. The van der Waals surface area contributed by atoms with Gasteiger partial charge < -0.3 is 15.1 Å². The Bertz CT molecular complexity index is 730. The van der Waals surface area contributed by atoms with E-state index in [-0.39, 0.29) is 11.7 Å². The fourth-order valence-electron chi connectivity index (χ4n) is 3.47. The van der Waals surface area contributed by atoms with Gasteiger partial charge in [0, 0.05) is 39.8 Å². The molecule has 2 saturated heterocycles. The number of rotatable bonds is 3. The second-order valence-corrected chi connectivity index (χ2v) is 9.26. The van der Waals surface area contributed by atoms with Crippen LogP contribution in [0.3, 0.4) is 0 Å². The summed E-state index contributed by atoms with van der Waals surface area (Å²) in [5, 5.41) is 4.13. The molecule has 2 fully saturated rings. The molecule has 1 aromatic rings. The summed E-state index contributed by atoms with van der Waals surface area (Å²) in [5.74, 6) is 1.64. The van der Waals surface area contributed by atoms with Crippen LogP contribution in [0.5, 0.6) is 0 Å². The van der Waals surface area contributed by atoms with E-state index in [1.54, 1.807) is 7.05 Å². The van der Waals surface area contributed by atoms with Gasteiger partial charge >= 0.3 is 0 Å². The lowest BCUT2D eigenvalue weighted by atomic mass is 10.1. The molecule has 138 valence electrons.